The largest absolute Gasteiger partial charge is 0.309 e. The lowest BCUT2D eigenvalue weighted by Crippen LogP contribution is -2.01. The minimum Gasteiger partial charge on any atom is -0.309 e. The third-order valence-corrected chi connectivity index (χ3v) is 21.8. The number of hydrogen-bond donors (Lipinski definition) is 0. The smallest absolute Gasteiger partial charge is 0.235 e. The molecule has 0 N–H and O–H groups in total. The maximum atomic E-state index is 5.23. The quantitative estimate of drug-likeness (QED) is 0.122. The molecule has 0 atom stereocenters. The van der Waals surface area contributed by atoms with Crippen molar-refractivity contribution in [2.24, 2.45) is 0 Å². The van der Waals surface area contributed by atoms with Crippen LogP contribution in [0.1, 0.15) is 0 Å². The van der Waals surface area contributed by atoms with E-state index in [1.165, 1.54) is 93.0 Å². The van der Waals surface area contributed by atoms with Gasteiger partial charge >= 0.3 is 0 Å². The molecule has 0 fully saturated rings. The number of hydrogen-bond acceptors (Lipinski definition) is 5. The zero-order valence-corrected chi connectivity index (χ0v) is 60.7. The van der Waals surface area contributed by atoms with Crippen molar-refractivity contribution >= 4 is 87.2 Å². The molecule has 6 heterocycles. The summed E-state index contributed by atoms with van der Waals surface area (Å²) >= 11 is 0. The topological polar surface area (TPSA) is 84.2 Å². The summed E-state index contributed by atoms with van der Waals surface area (Å²) in [4.78, 5) is 25.1. The van der Waals surface area contributed by atoms with E-state index in [-0.39, 0.29) is 0 Å². The maximum Gasteiger partial charge on any atom is 0.235 e. The highest BCUT2D eigenvalue weighted by atomic mass is 15.2. The molecule has 0 radical (unpaired) electrons. The Morgan fingerprint density at radius 2 is 0.473 bits per heavy atom. The first-order valence-corrected chi connectivity index (χ1v) is 37.9. The molecule has 0 amide bonds. The monoisotopic (exact) mass is 1430 g/mol. The Bertz CT molecular complexity index is 7290. The molecule has 0 saturated heterocycles. The molecule has 22 rings (SSSR count). The van der Waals surface area contributed by atoms with E-state index in [2.05, 4.69) is 352 Å². The van der Waals surface area contributed by atoms with Gasteiger partial charge in [0.15, 0.2) is 17.5 Å². The average molecular weight is 1430 g/mol. The first-order valence-electron chi connectivity index (χ1n) is 37.9. The van der Waals surface area contributed by atoms with Crippen LogP contribution in [-0.2, 0) is 0 Å². The Kier molecular flexibility index (Phi) is 16.0. The van der Waals surface area contributed by atoms with Crippen molar-refractivity contribution in [3.05, 3.63) is 407 Å². The average Bonchev–Trinajstić information content (AvgIpc) is 1.59. The highest BCUT2D eigenvalue weighted by molar-refractivity contribution is 6.15. The van der Waals surface area contributed by atoms with E-state index in [1.807, 2.05) is 72.9 Å². The Morgan fingerprint density at radius 1 is 0.161 bits per heavy atom. The first-order chi connectivity index (χ1) is 55.5. The summed E-state index contributed by atoms with van der Waals surface area (Å²) in [6.45, 7) is 0. The molecule has 0 aliphatic heterocycles. The number of fused-ring (bicyclic) bond motifs is 12. The van der Waals surface area contributed by atoms with Gasteiger partial charge in [-0.3, -0.25) is 4.57 Å². The van der Waals surface area contributed by atoms with Gasteiger partial charge in [-0.2, -0.15) is 0 Å². The minimum atomic E-state index is 0.631. The molecule has 0 saturated carbocycles. The van der Waals surface area contributed by atoms with E-state index in [1.54, 1.807) is 0 Å². The molecule has 6 aromatic heterocycles. The second-order valence-corrected chi connectivity index (χ2v) is 28.4. The van der Waals surface area contributed by atoms with Gasteiger partial charge in [0.2, 0.25) is 5.95 Å². The molecule has 0 aliphatic rings. The van der Waals surface area contributed by atoms with Gasteiger partial charge in [-0.15, -0.1) is 0 Å². The van der Waals surface area contributed by atoms with Gasteiger partial charge in [0, 0.05) is 88.6 Å². The lowest BCUT2D eigenvalue weighted by atomic mass is 9.98. The van der Waals surface area contributed by atoms with Crippen molar-refractivity contribution in [3.63, 3.8) is 0 Å². The Balaban J connectivity index is 0.000000141. The predicted molar refractivity (Wildman–Crippen MR) is 463 cm³/mol. The van der Waals surface area contributed by atoms with Crippen LogP contribution in [-0.4, -0.2) is 43.2 Å². The summed E-state index contributed by atoms with van der Waals surface area (Å²) in [6.07, 6.45) is 1.87. The second kappa shape index (κ2) is 27.5. The van der Waals surface area contributed by atoms with Crippen LogP contribution in [0.25, 0.3) is 200 Å². The van der Waals surface area contributed by atoms with Crippen LogP contribution in [0.2, 0.25) is 0 Å². The molecule has 9 nitrogen and oxygen atoms in total. The van der Waals surface area contributed by atoms with Crippen LogP contribution in [0.4, 0.5) is 0 Å². The summed E-state index contributed by atoms with van der Waals surface area (Å²) in [6, 6.07) is 142. The van der Waals surface area contributed by atoms with E-state index >= 15 is 0 Å². The number of benzene rings is 16. The highest BCUT2D eigenvalue weighted by Gasteiger charge is 2.22. The lowest BCUT2D eigenvalue weighted by molar-refractivity contribution is 0.992. The van der Waals surface area contributed by atoms with Gasteiger partial charge in [-0.05, 0) is 160 Å². The zero-order valence-electron chi connectivity index (χ0n) is 60.7. The maximum absolute atomic E-state index is 5.23. The first kappa shape index (κ1) is 65.1. The number of nitrogens with zero attached hydrogens (tertiary/aromatic N) is 9. The van der Waals surface area contributed by atoms with Gasteiger partial charge in [0.25, 0.3) is 0 Å². The standard InChI is InChI=1S/C52H34N4.C51H33N5/c1-3-12-35(13-4-1)36-22-24-37(25-23-36)38-14-11-15-41(32-38)47-30-31-53-52(54-47)56-49-21-10-7-18-43(49)45-28-26-40(34-51(45)56)39-27-29-50-46(33-39)44-19-8-9-20-48(44)55(50)42-16-5-2-6-17-42;1-4-15-34(16-5-1)49-52-50(35-17-6-2-7-18-35)54-51(53-49)38-19-14-22-40(31-38)56-46-26-13-11-24-42(46)44-33-37(28-30-48(44)56)36-27-29-47-43(32-36)41-23-10-12-25-45(41)55(47)39-20-8-3-9-21-39/h1-34H;1-33H. The fourth-order valence-electron chi connectivity index (χ4n) is 16.5. The lowest BCUT2D eigenvalue weighted by Gasteiger charge is -2.12. The normalized spacial score (nSPS) is 11.6. The molecule has 9 heteroatoms. The highest BCUT2D eigenvalue weighted by Crippen LogP contribution is 2.42. The summed E-state index contributed by atoms with van der Waals surface area (Å²) < 4.78 is 9.29. The van der Waals surface area contributed by atoms with Gasteiger partial charge in [-0.25, -0.2) is 24.9 Å². The van der Waals surface area contributed by atoms with E-state index in [4.69, 9.17) is 24.9 Å². The summed E-state index contributed by atoms with van der Waals surface area (Å²) in [5, 5.41) is 9.70. The second-order valence-electron chi connectivity index (χ2n) is 28.4. The summed E-state index contributed by atoms with van der Waals surface area (Å²) in [5.74, 6) is 2.57. The zero-order chi connectivity index (χ0) is 74.0. The third-order valence-electron chi connectivity index (χ3n) is 21.8. The number of para-hydroxylation sites is 6. The van der Waals surface area contributed by atoms with E-state index in [9.17, 15) is 0 Å². The molecule has 22 aromatic rings. The fourth-order valence-corrected chi connectivity index (χ4v) is 16.5. The van der Waals surface area contributed by atoms with Crippen molar-refractivity contribution in [1.29, 1.82) is 0 Å². The molecule has 0 bridgehead atoms. The van der Waals surface area contributed by atoms with E-state index < -0.39 is 0 Å². The van der Waals surface area contributed by atoms with Gasteiger partial charge in [0.1, 0.15) is 0 Å². The molecule has 0 aliphatic carbocycles. The minimum absolute atomic E-state index is 0.631. The third kappa shape index (κ3) is 11.5. The Hall–Kier alpha value is -15.2. The van der Waals surface area contributed by atoms with Crippen molar-refractivity contribution in [2.75, 3.05) is 0 Å². The Morgan fingerprint density at radius 3 is 0.973 bits per heavy atom. The van der Waals surface area contributed by atoms with Gasteiger partial charge in [0.05, 0.1) is 49.8 Å². The molecule has 16 aromatic carbocycles. The van der Waals surface area contributed by atoms with Crippen molar-refractivity contribution in [1.82, 2.24) is 43.2 Å². The Labute approximate surface area is 645 Å². The van der Waals surface area contributed by atoms with Crippen molar-refractivity contribution in [3.8, 4) is 113 Å². The molecule has 0 unspecified atom stereocenters. The van der Waals surface area contributed by atoms with Crippen LogP contribution in [0.15, 0.2) is 407 Å². The predicted octanol–water partition coefficient (Wildman–Crippen LogP) is 26.1. The molecular weight excluding hydrogens is 1360 g/mol. The fraction of sp³-hybridized carbons (Fsp3) is 0. The van der Waals surface area contributed by atoms with Gasteiger partial charge in [-0.1, -0.05) is 285 Å². The van der Waals surface area contributed by atoms with Crippen LogP contribution >= 0.6 is 0 Å². The molecular formula is C103H67N9. The van der Waals surface area contributed by atoms with Crippen LogP contribution in [0.3, 0.4) is 0 Å². The molecule has 524 valence electrons. The number of aromatic nitrogens is 9. The SMILES string of the molecule is c1ccc(-c2ccc(-c3cccc(-c4ccnc(-n5c6ccccc6c6ccc(-c7ccc8c(c7)c7ccccc7n8-c7ccccc7)cc65)n4)c3)cc2)cc1.c1ccc(-c2nc(-c3ccccc3)nc(-c3cccc(-n4c5ccccc5c5cc(-c6ccc7c(c6)c6ccccc6n7-c6ccccc6)ccc54)c3)n2)cc1. The van der Waals surface area contributed by atoms with Crippen LogP contribution < -0.4 is 0 Å². The van der Waals surface area contributed by atoms with Crippen molar-refractivity contribution in [2.45, 2.75) is 0 Å². The summed E-state index contributed by atoms with van der Waals surface area (Å²) in [5.41, 5.74) is 26.7. The number of rotatable bonds is 12. The van der Waals surface area contributed by atoms with E-state index in [0.717, 1.165) is 83.8 Å². The van der Waals surface area contributed by atoms with Crippen LogP contribution in [0, 0.1) is 0 Å². The van der Waals surface area contributed by atoms with E-state index in [0.29, 0.717) is 23.4 Å². The van der Waals surface area contributed by atoms with Gasteiger partial charge < -0.3 is 13.7 Å². The molecule has 112 heavy (non-hydrogen) atoms. The summed E-state index contributed by atoms with van der Waals surface area (Å²) in [7, 11) is 0. The molecule has 0 spiro atoms. The van der Waals surface area contributed by atoms with Crippen LogP contribution in [0.5, 0.6) is 0 Å². The van der Waals surface area contributed by atoms with Crippen molar-refractivity contribution < 1.29 is 0 Å².